The van der Waals surface area contributed by atoms with Gasteiger partial charge in [-0.1, -0.05) is 40.2 Å². The van der Waals surface area contributed by atoms with Crippen LogP contribution in [0.2, 0.25) is 0 Å². The Morgan fingerprint density at radius 2 is 1.85 bits per heavy atom. The normalized spacial score (nSPS) is 11.8. The second-order valence-corrected chi connectivity index (χ2v) is 6.30. The molecule has 1 amide bonds. The highest BCUT2D eigenvalue weighted by Crippen LogP contribution is 2.23. The van der Waals surface area contributed by atoms with Gasteiger partial charge in [-0.25, -0.2) is 4.79 Å². The number of hydrogen-bond donors (Lipinski definition) is 1. The maximum absolute atomic E-state index is 12.2. The summed E-state index contributed by atoms with van der Waals surface area (Å²) in [5.74, 6) is -0.451. The van der Waals surface area contributed by atoms with Crippen LogP contribution in [-0.4, -0.2) is 24.6 Å². The fourth-order valence-electron chi connectivity index (χ4n) is 2.09. The van der Waals surface area contributed by atoms with E-state index in [1.165, 1.54) is 13.0 Å². The Labute approximate surface area is 161 Å². The van der Waals surface area contributed by atoms with E-state index >= 15 is 0 Å². The van der Waals surface area contributed by atoms with Crippen molar-refractivity contribution in [2.24, 2.45) is 0 Å². The standard InChI is InChI=1S/C20H20BrNO4/c1-3-25-18-7-5-4-6-17(18)22-20(24)14(2)26-19(23)13-10-15-8-11-16(21)12-9-15/h4-14H,3H2,1-2H3,(H,22,24)/b13-10+/t14-/m1/s1. The van der Waals surface area contributed by atoms with Gasteiger partial charge < -0.3 is 14.8 Å². The van der Waals surface area contributed by atoms with E-state index in [1.807, 2.05) is 37.3 Å². The summed E-state index contributed by atoms with van der Waals surface area (Å²) in [6.45, 7) is 3.86. The Kier molecular flexibility index (Phi) is 7.41. The molecule has 5 nitrogen and oxygen atoms in total. The third-order valence-corrected chi connectivity index (χ3v) is 3.92. The number of amides is 1. The van der Waals surface area contributed by atoms with Crippen LogP contribution in [0.25, 0.3) is 6.08 Å². The lowest BCUT2D eigenvalue weighted by atomic mass is 10.2. The zero-order valence-electron chi connectivity index (χ0n) is 14.6. The summed E-state index contributed by atoms with van der Waals surface area (Å²) in [7, 11) is 0. The summed E-state index contributed by atoms with van der Waals surface area (Å²) in [5.41, 5.74) is 1.39. The first-order valence-corrected chi connectivity index (χ1v) is 8.96. The van der Waals surface area contributed by atoms with Gasteiger partial charge in [0.05, 0.1) is 12.3 Å². The number of carbonyl (C=O) groups is 2. The van der Waals surface area contributed by atoms with Crippen LogP contribution in [0.15, 0.2) is 59.1 Å². The van der Waals surface area contributed by atoms with E-state index in [0.29, 0.717) is 18.0 Å². The number of para-hydroxylation sites is 2. The van der Waals surface area contributed by atoms with Crippen molar-refractivity contribution in [3.05, 3.63) is 64.6 Å². The number of anilines is 1. The van der Waals surface area contributed by atoms with Gasteiger partial charge in [-0.2, -0.15) is 0 Å². The molecule has 136 valence electrons. The SMILES string of the molecule is CCOc1ccccc1NC(=O)[C@@H](C)OC(=O)/C=C/c1ccc(Br)cc1. The minimum absolute atomic E-state index is 0.428. The summed E-state index contributed by atoms with van der Waals surface area (Å²) in [6, 6.07) is 14.5. The van der Waals surface area contributed by atoms with Crippen molar-refractivity contribution in [2.45, 2.75) is 20.0 Å². The van der Waals surface area contributed by atoms with E-state index in [0.717, 1.165) is 10.0 Å². The molecule has 26 heavy (non-hydrogen) atoms. The largest absolute Gasteiger partial charge is 0.492 e. The van der Waals surface area contributed by atoms with Gasteiger partial charge in [-0.05, 0) is 49.8 Å². The number of hydrogen-bond acceptors (Lipinski definition) is 4. The zero-order valence-corrected chi connectivity index (χ0v) is 16.2. The van der Waals surface area contributed by atoms with Gasteiger partial charge in [0, 0.05) is 10.5 Å². The third-order valence-electron chi connectivity index (χ3n) is 3.39. The van der Waals surface area contributed by atoms with Gasteiger partial charge >= 0.3 is 5.97 Å². The van der Waals surface area contributed by atoms with E-state index in [9.17, 15) is 9.59 Å². The highest BCUT2D eigenvalue weighted by molar-refractivity contribution is 9.10. The smallest absolute Gasteiger partial charge is 0.331 e. The Hall–Kier alpha value is -2.60. The topological polar surface area (TPSA) is 64.6 Å². The third kappa shape index (κ3) is 6.04. The Morgan fingerprint density at radius 3 is 2.54 bits per heavy atom. The van der Waals surface area contributed by atoms with Crippen LogP contribution in [0.4, 0.5) is 5.69 Å². The highest BCUT2D eigenvalue weighted by Gasteiger charge is 2.18. The average molecular weight is 418 g/mol. The fourth-order valence-corrected chi connectivity index (χ4v) is 2.36. The first-order chi connectivity index (χ1) is 12.5. The Balaban J connectivity index is 1.92. The van der Waals surface area contributed by atoms with Crippen molar-refractivity contribution in [3.63, 3.8) is 0 Å². The molecule has 0 aliphatic rings. The van der Waals surface area contributed by atoms with E-state index in [2.05, 4.69) is 21.2 Å². The number of ether oxygens (including phenoxy) is 2. The molecular formula is C20H20BrNO4. The van der Waals surface area contributed by atoms with Crippen LogP contribution < -0.4 is 10.1 Å². The van der Waals surface area contributed by atoms with E-state index < -0.39 is 18.0 Å². The molecule has 2 rings (SSSR count). The second kappa shape index (κ2) is 9.77. The van der Waals surface area contributed by atoms with Gasteiger partial charge in [0.25, 0.3) is 5.91 Å². The summed E-state index contributed by atoms with van der Waals surface area (Å²) in [6.07, 6.45) is 1.98. The molecule has 2 aromatic carbocycles. The van der Waals surface area contributed by atoms with Gasteiger partial charge in [-0.3, -0.25) is 4.79 Å². The molecule has 0 aromatic heterocycles. The molecule has 0 aliphatic carbocycles. The molecule has 0 saturated carbocycles. The summed E-state index contributed by atoms with van der Waals surface area (Å²) in [5, 5.41) is 2.71. The number of nitrogens with one attached hydrogen (secondary N) is 1. The lowest BCUT2D eigenvalue weighted by Gasteiger charge is -2.15. The van der Waals surface area contributed by atoms with E-state index in [-0.39, 0.29) is 0 Å². The van der Waals surface area contributed by atoms with Crippen molar-refractivity contribution >= 4 is 39.6 Å². The van der Waals surface area contributed by atoms with Gasteiger partial charge in [-0.15, -0.1) is 0 Å². The predicted molar refractivity (Wildman–Crippen MR) is 105 cm³/mol. The lowest BCUT2D eigenvalue weighted by molar-refractivity contribution is -0.148. The van der Waals surface area contributed by atoms with Crippen molar-refractivity contribution in [2.75, 3.05) is 11.9 Å². The molecule has 6 heteroatoms. The summed E-state index contributed by atoms with van der Waals surface area (Å²) >= 11 is 3.35. The van der Waals surface area contributed by atoms with E-state index in [1.54, 1.807) is 24.3 Å². The summed E-state index contributed by atoms with van der Waals surface area (Å²) < 4.78 is 11.6. The molecule has 0 aliphatic heterocycles. The highest BCUT2D eigenvalue weighted by atomic mass is 79.9. The molecule has 0 heterocycles. The van der Waals surface area contributed by atoms with Crippen LogP contribution in [0.5, 0.6) is 5.75 Å². The first-order valence-electron chi connectivity index (χ1n) is 8.16. The van der Waals surface area contributed by atoms with Crippen LogP contribution >= 0.6 is 15.9 Å². The molecule has 1 atom stereocenters. The maximum atomic E-state index is 12.2. The lowest BCUT2D eigenvalue weighted by Crippen LogP contribution is -2.29. The minimum Gasteiger partial charge on any atom is -0.492 e. The van der Waals surface area contributed by atoms with Crippen molar-refractivity contribution in [1.82, 2.24) is 0 Å². The van der Waals surface area contributed by atoms with Gasteiger partial charge in [0.15, 0.2) is 6.10 Å². The molecule has 0 fully saturated rings. The predicted octanol–water partition coefficient (Wildman–Crippen LogP) is 4.43. The van der Waals surface area contributed by atoms with Crippen molar-refractivity contribution in [3.8, 4) is 5.75 Å². The van der Waals surface area contributed by atoms with Crippen molar-refractivity contribution in [1.29, 1.82) is 0 Å². The van der Waals surface area contributed by atoms with Crippen LogP contribution in [0.1, 0.15) is 19.4 Å². The Morgan fingerprint density at radius 1 is 1.15 bits per heavy atom. The number of halogens is 1. The quantitative estimate of drug-likeness (QED) is 0.534. The fraction of sp³-hybridized carbons (Fsp3) is 0.200. The number of esters is 1. The van der Waals surface area contributed by atoms with Crippen molar-refractivity contribution < 1.29 is 19.1 Å². The van der Waals surface area contributed by atoms with Crippen LogP contribution in [-0.2, 0) is 14.3 Å². The zero-order chi connectivity index (χ0) is 18.9. The van der Waals surface area contributed by atoms with E-state index in [4.69, 9.17) is 9.47 Å². The molecule has 0 saturated heterocycles. The molecular weight excluding hydrogens is 398 g/mol. The average Bonchev–Trinajstić information content (AvgIpc) is 2.63. The number of benzene rings is 2. The summed E-state index contributed by atoms with van der Waals surface area (Å²) in [4.78, 5) is 24.1. The van der Waals surface area contributed by atoms with Crippen LogP contribution in [0, 0.1) is 0 Å². The molecule has 0 radical (unpaired) electrons. The minimum atomic E-state index is -0.938. The Bertz CT molecular complexity index is 787. The molecule has 2 aromatic rings. The molecule has 0 spiro atoms. The molecule has 0 unspecified atom stereocenters. The van der Waals surface area contributed by atoms with Crippen LogP contribution in [0.3, 0.4) is 0 Å². The first kappa shape index (κ1) is 19.7. The number of carbonyl (C=O) groups excluding carboxylic acids is 2. The van der Waals surface area contributed by atoms with Gasteiger partial charge in [0.1, 0.15) is 5.75 Å². The monoisotopic (exact) mass is 417 g/mol. The maximum Gasteiger partial charge on any atom is 0.331 e. The second-order valence-electron chi connectivity index (χ2n) is 5.38. The molecule has 1 N–H and O–H groups in total. The molecule has 0 bridgehead atoms. The number of rotatable bonds is 7. The van der Waals surface area contributed by atoms with Gasteiger partial charge in [0.2, 0.25) is 0 Å².